The molecule has 0 spiro atoms. The third-order valence-corrected chi connectivity index (χ3v) is 4.62. The van der Waals surface area contributed by atoms with Crippen molar-refractivity contribution in [2.24, 2.45) is 0 Å². The summed E-state index contributed by atoms with van der Waals surface area (Å²) in [5.41, 5.74) is 4.07. The van der Waals surface area contributed by atoms with Gasteiger partial charge in [-0.05, 0) is 55.3 Å². The molecule has 2 heterocycles. The van der Waals surface area contributed by atoms with Crippen molar-refractivity contribution in [1.29, 1.82) is 0 Å². The van der Waals surface area contributed by atoms with E-state index < -0.39 is 5.97 Å². The number of nitrogens with zero attached hydrogens (tertiary/aromatic N) is 1. The van der Waals surface area contributed by atoms with Gasteiger partial charge in [-0.25, -0.2) is 9.78 Å². The zero-order chi connectivity index (χ0) is 19.7. The highest BCUT2D eigenvalue weighted by molar-refractivity contribution is 5.91. The molecular formula is C23H19NO4. The molecular weight excluding hydrogens is 354 g/mol. The molecule has 0 aliphatic rings. The number of aromatic nitrogens is 1. The number of aryl methyl sites for hydroxylation is 1. The van der Waals surface area contributed by atoms with E-state index in [2.05, 4.69) is 4.98 Å². The first-order chi connectivity index (χ1) is 13.5. The van der Waals surface area contributed by atoms with Crippen LogP contribution >= 0.6 is 0 Å². The highest BCUT2D eigenvalue weighted by Gasteiger charge is 2.14. The Morgan fingerprint density at radius 2 is 1.89 bits per heavy atom. The largest absolute Gasteiger partial charge is 0.478 e. The maximum absolute atomic E-state index is 10.9. The van der Waals surface area contributed by atoms with Crippen LogP contribution in [0.3, 0.4) is 0 Å². The van der Waals surface area contributed by atoms with Crippen LogP contribution in [0.5, 0.6) is 0 Å². The van der Waals surface area contributed by atoms with Crippen molar-refractivity contribution < 1.29 is 18.7 Å². The summed E-state index contributed by atoms with van der Waals surface area (Å²) in [5.74, 6) is 1.19. The van der Waals surface area contributed by atoms with E-state index in [1.807, 2.05) is 61.5 Å². The van der Waals surface area contributed by atoms with Gasteiger partial charge in [-0.15, -0.1) is 0 Å². The summed E-state index contributed by atoms with van der Waals surface area (Å²) in [6.45, 7) is 3.68. The number of allylic oxidation sites excluding steroid dienone is 1. The predicted octanol–water partition coefficient (Wildman–Crippen LogP) is 5.47. The van der Waals surface area contributed by atoms with Gasteiger partial charge in [-0.1, -0.05) is 24.3 Å². The Kier molecular flexibility index (Phi) is 4.57. The number of aliphatic carboxylic acids is 1. The second kappa shape index (κ2) is 7.19. The standard InChI is InChI=1S/C23H19NO4/c1-14(10-22(25)26)17-8-9-21-18(11-17)12-19(28-21)13-20-15(2)27-23(24-20)16-6-4-3-5-7-16/h3-12H,13H2,1-2H3,(H,25,26)/b14-10+. The SMILES string of the molecule is C/C(=C\C(=O)O)c1ccc2oc(Cc3nc(-c4ccccc4)oc3C)cc2c1. The van der Waals surface area contributed by atoms with Crippen molar-refractivity contribution in [1.82, 2.24) is 4.98 Å². The highest BCUT2D eigenvalue weighted by Crippen LogP contribution is 2.27. The Balaban J connectivity index is 1.62. The third-order valence-electron chi connectivity index (χ3n) is 4.62. The minimum atomic E-state index is -0.957. The number of hydrogen-bond donors (Lipinski definition) is 1. The minimum absolute atomic E-state index is 0.524. The summed E-state index contributed by atoms with van der Waals surface area (Å²) in [4.78, 5) is 15.5. The number of carboxylic acid groups (broad SMARTS) is 1. The lowest BCUT2D eigenvalue weighted by molar-refractivity contribution is -0.131. The fourth-order valence-electron chi connectivity index (χ4n) is 3.16. The van der Waals surface area contributed by atoms with Crippen molar-refractivity contribution in [2.75, 3.05) is 0 Å². The van der Waals surface area contributed by atoms with Crippen molar-refractivity contribution in [3.63, 3.8) is 0 Å². The van der Waals surface area contributed by atoms with Gasteiger partial charge in [-0.2, -0.15) is 0 Å². The molecule has 0 fully saturated rings. The number of oxazole rings is 1. The molecule has 0 aliphatic carbocycles. The second-order valence-corrected chi connectivity index (χ2v) is 6.70. The monoisotopic (exact) mass is 373 g/mol. The molecule has 140 valence electrons. The van der Waals surface area contributed by atoms with Gasteiger partial charge in [0.1, 0.15) is 17.1 Å². The van der Waals surface area contributed by atoms with Gasteiger partial charge in [0.05, 0.1) is 12.1 Å². The van der Waals surface area contributed by atoms with Gasteiger partial charge in [0.15, 0.2) is 0 Å². The van der Waals surface area contributed by atoms with Crippen LogP contribution in [0.15, 0.2) is 69.5 Å². The van der Waals surface area contributed by atoms with Crippen molar-refractivity contribution in [2.45, 2.75) is 20.3 Å². The van der Waals surface area contributed by atoms with Crippen LogP contribution in [0.1, 0.15) is 29.7 Å². The first-order valence-electron chi connectivity index (χ1n) is 8.95. The molecule has 2 aromatic carbocycles. The molecule has 0 unspecified atom stereocenters. The van der Waals surface area contributed by atoms with Gasteiger partial charge in [0.25, 0.3) is 0 Å². The van der Waals surface area contributed by atoms with Gasteiger partial charge in [0, 0.05) is 17.0 Å². The van der Waals surface area contributed by atoms with Gasteiger partial charge in [0.2, 0.25) is 5.89 Å². The molecule has 5 heteroatoms. The van der Waals surface area contributed by atoms with Crippen molar-refractivity contribution in [3.8, 4) is 11.5 Å². The normalized spacial score (nSPS) is 11.9. The molecule has 0 atom stereocenters. The lowest BCUT2D eigenvalue weighted by Gasteiger charge is -1.99. The Bertz CT molecular complexity index is 1180. The average molecular weight is 373 g/mol. The Labute approximate surface area is 161 Å². The molecule has 0 aliphatic heterocycles. The molecule has 0 radical (unpaired) electrons. The number of hydrogen-bond acceptors (Lipinski definition) is 4. The van der Waals surface area contributed by atoms with E-state index >= 15 is 0 Å². The molecule has 0 saturated carbocycles. The summed E-state index contributed by atoms with van der Waals surface area (Å²) in [7, 11) is 0. The van der Waals surface area contributed by atoms with Gasteiger partial charge < -0.3 is 13.9 Å². The molecule has 4 rings (SSSR count). The number of carbonyl (C=O) groups is 1. The average Bonchev–Trinajstić information content (AvgIpc) is 3.24. The first-order valence-corrected chi connectivity index (χ1v) is 8.95. The molecule has 5 nitrogen and oxygen atoms in total. The number of fused-ring (bicyclic) bond motifs is 1. The maximum atomic E-state index is 10.9. The summed E-state index contributed by atoms with van der Waals surface area (Å²) in [6, 6.07) is 17.4. The van der Waals surface area contributed by atoms with Crippen LogP contribution < -0.4 is 0 Å². The quantitative estimate of drug-likeness (QED) is 0.469. The molecule has 2 aromatic heterocycles. The van der Waals surface area contributed by atoms with Crippen LogP contribution in [0.25, 0.3) is 28.0 Å². The zero-order valence-electron chi connectivity index (χ0n) is 15.6. The van der Waals surface area contributed by atoms with Crippen LogP contribution in [-0.4, -0.2) is 16.1 Å². The Hall–Kier alpha value is -3.60. The third kappa shape index (κ3) is 3.60. The molecule has 28 heavy (non-hydrogen) atoms. The minimum Gasteiger partial charge on any atom is -0.478 e. The van der Waals surface area contributed by atoms with E-state index in [0.29, 0.717) is 17.9 Å². The van der Waals surface area contributed by atoms with Crippen LogP contribution in [0.4, 0.5) is 0 Å². The molecule has 4 aromatic rings. The lowest BCUT2D eigenvalue weighted by atomic mass is 10.1. The van der Waals surface area contributed by atoms with Crippen LogP contribution in [0.2, 0.25) is 0 Å². The number of furan rings is 1. The molecule has 0 amide bonds. The predicted molar refractivity (Wildman–Crippen MR) is 107 cm³/mol. The van der Waals surface area contributed by atoms with Crippen LogP contribution in [0, 0.1) is 6.92 Å². The van der Waals surface area contributed by atoms with Crippen molar-refractivity contribution >= 4 is 22.5 Å². The lowest BCUT2D eigenvalue weighted by Crippen LogP contribution is -1.89. The number of benzene rings is 2. The smallest absolute Gasteiger partial charge is 0.328 e. The van der Waals surface area contributed by atoms with Crippen molar-refractivity contribution in [3.05, 3.63) is 83.5 Å². The summed E-state index contributed by atoms with van der Waals surface area (Å²) < 4.78 is 11.8. The molecule has 1 N–H and O–H groups in total. The fraction of sp³-hybridized carbons (Fsp3) is 0.130. The van der Waals surface area contributed by atoms with E-state index in [1.54, 1.807) is 6.92 Å². The van der Waals surface area contributed by atoms with E-state index in [4.69, 9.17) is 13.9 Å². The van der Waals surface area contributed by atoms with E-state index in [9.17, 15) is 4.79 Å². The first kappa shape index (κ1) is 17.8. The number of rotatable bonds is 5. The molecule has 0 bridgehead atoms. The topological polar surface area (TPSA) is 76.5 Å². The second-order valence-electron chi connectivity index (χ2n) is 6.70. The van der Waals surface area contributed by atoms with Crippen LogP contribution in [-0.2, 0) is 11.2 Å². The van der Waals surface area contributed by atoms with E-state index in [1.165, 1.54) is 6.08 Å². The summed E-state index contributed by atoms with van der Waals surface area (Å²) in [5, 5.41) is 9.85. The number of carboxylic acids is 1. The Morgan fingerprint density at radius 3 is 2.64 bits per heavy atom. The Morgan fingerprint density at radius 1 is 1.11 bits per heavy atom. The van der Waals surface area contributed by atoms with E-state index in [-0.39, 0.29) is 0 Å². The fourth-order valence-corrected chi connectivity index (χ4v) is 3.16. The van der Waals surface area contributed by atoms with Gasteiger partial charge >= 0.3 is 5.97 Å². The maximum Gasteiger partial charge on any atom is 0.328 e. The highest BCUT2D eigenvalue weighted by atomic mass is 16.4. The summed E-state index contributed by atoms with van der Waals surface area (Å²) in [6.07, 6.45) is 1.72. The van der Waals surface area contributed by atoms with E-state index in [0.717, 1.165) is 39.3 Å². The summed E-state index contributed by atoms with van der Waals surface area (Å²) >= 11 is 0. The zero-order valence-corrected chi connectivity index (χ0v) is 15.6. The van der Waals surface area contributed by atoms with Gasteiger partial charge in [-0.3, -0.25) is 0 Å². The molecule has 0 saturated heterocycles.